The molecule has 3 unspecified atom stereocenters. The van der Waals surface area contributed by atoms with Crippen LogP contribution in [0, 0.1) is 11.3 Å². The Kier molecular flexibility index (Phi) is 4.37. The molecule has 1 nitrogen and oxygen atoms in total. The Bertz CT molecular complexity index is 452. The molecule has 1 aromatic carbocycles. The van der Waals surface area contributed by atoms with Crippen molar-refractivity contribution in [1.82, 2.24) is 5.32 Å². The summed E-state index contributed by atoms with van der Waals surface area (Å²) in [6.07, 6.45) is 8.27. The average Bonchev–Trinajstić information content (AvgIpc) is 2.49. The summed E-state index contributed by atoms with van der Waals surface area (Å²) in [5, 5.41) is 4.58. The zero-order chi connectivity index (χ0) is 14.0. The van der Waals surface area contributed by atoms with Crippen LogP contribution in [0.1, 0.15) is 56.9 Å². The molecule has 3 atom stereocenters. The largest absolute Gasteiger partial charge is 0.316 e. The number of rotatable bonds is 2. The lowest BCUT2D eigenvalue weighted by molar-refractivity contribution is 0.0293. The Labute approximate surface area is 128 Å². The van der Waals surface area contributed by atoms with Crippen molar-refractivity contribution in [2.45, 2.75) is 51.4 Å². The molecule has 1 aliphatic heterocycles. The highest BCUT2D eigenvalue weighted by Crippen LogP contribution is 2.55. The second kappa shape index (κ2) is 6.07. The second-order valence-corrected chi connectivity index (χ2v) is 7.02. The lowest BCUT2D eigenvalue weighted by atomic mass is 9.55. The van der Waals surface area contributed by atoms with Crippen molar-refractivity contribution in [3.63, 3.8) is 0 Å². The molecule has 1 aromatic rings. The molecule has 0 amide bonds. The van der Waals surface area contributed by atoms with Crippen LogP contribution < -0.4 is 5.32 Å². The third kappa shape index (κ3) is 2.40. The topological polar surface area (TPSA) is 12.0 Å². The van der Waals surface area contributed by atoms with Gasteiger partial charge in [0.25, 0.3) is 0 Å². The van der Waals surface area contributed by atoms with Crippen LogP contribution in [0.5, 0.6) is 0 Å². The lowest BCUT2D eigenvalue weighted by Crippen LogP contribution is -2.49. The molecule has 1 heterocycles. The summed E-state index contributed by atoms with van der Waals surface area (Å²) in [5.74, 6) is 1.47. The highest BCUT2D eigenvalue weighted by molar-refractivity contribution is 6.31. The van der Waals surface area contributed by atoms with E-state index in [4.69, 9.17) is 11.6 Å². The molecule has 110 valence electrons. The first kappa shape index (κ1) is 14.4. The van der Waals surface area contributed by atoms with Crippen LogP contribution in [-0.4, -0.2) is 13.1 Å². The molecule has 20 heavy (non-hydrogen) atoms. The van der Waals surface area contributed by atoms with Gasteiger partial charge in [0.05, 0.1) is 0 Å². The van der Waals surface area contributed by atoms with Gasteiger partial charge >= 0.3 is 0 Å². The number of hydrogen-bond donors (Lipinski definition) is 1. The first-order chi connectivity index (χ1) is 9.78. The Morgan fingerprint density at radius 3 is 2.90 bits per heavy atom. The van der Waals surface area contributed by atoms with Crippen molar-refractivity contribution in [2.75, 3.05) is 13.1 Å². The zero-order valence-electron chi connectivity index (χ0n) is 12.5. The maximum absolute atomic E-state index is 6.52. The number of nitrogens with one attached hydrogen (secondary N) is 1. The van der Waals surface area contributed by atoms with Crippen molar-refractivity contribution >= 4 is 11.6 Å². The van der Waals surface area contributed by atoms with Crippen molar-refractivity contribution < 1.29 is 0 Å². The summed E-state index contributed by atoms with van der Waals surface area (Å²) in [7, 11) is 0. The van der Waals surface area contributed by atoms with Crippen LogP contribution in [-0.2, 0) is 0 Å². The van der Waals surface area contributed by atoms with E-state index < -0.39 is 0 Å². The smallest absolute Gasteiger partial charge is 0.0441 e. The Morgan fingerprint density at radius 2 is 2.10 bits per heavy atom. The van der Waals surface area contributed by atoms with E-state index in [1.54, 1.807) is 0 Å². The minimum atomic E-state index is 0.489. The van der Waals surface area contributed by atoms with Crippen LogP contribution in [0.3, 0.4) is 0 Å². The van der Waals surface area contributed by atoms with Crippen molar-refractivity contribution in [2.24, 2.45) is 11.3 Å². The number of benzene rings is 1. The van der Waals surface area contributed by atoms with Crippen LogP contribution in [0.25, 0.3) is 0 Å². The second-order valence-electron chi connectivity index (χ2n) is 6.61. The van der Waals surface area contributed by atoms with Gasteiger partial charge in [-0.05, 0) is 48.8 Å². The highest BCUT2D eigenvalue weighted by atomic mass is 35.5. The van der Waals surface area contributed by atoms with Crippen LogP contribution in [0.4, 0.5) is 0 Å². The summed E-state index contributed by atoms with van der Waals surface area (Å²) in [6.45, 7) is 4.65. The fraction of sp³-hybridized carbons (Fsp3) is 0.667. The van der Waals surface area contributed by atoms with Gasteiger partial charge in [0.1, 0.15) is 0 Å². The average molecular weight is 292 g/mol. The summed E-state index contributed by atoms with van der Waals surface area (Å²) in [4.78, 5) is 0. The van der Waals surface area contributed by atoms with E-state index in [0.717, 1.165) is 17.5 Å². The van der Waals surface area contributed by atoms with Gasteiger partial charge < -0.3 is 5.32 Å². The standard InChI is InChI=1S/C18H26ClN/c1-2-14-7-5-6-10-18(14)11-12-20-13-16(18)15-8-3-4-9-17(15)19/h3-4,8-9,14,16,20H,2,5-7,10-13H2,1H3. The third-order valence-electron chi connectivity index (χ3n) is 5.84. The minimum absolute atomic E-state index is 0.489. The predicted molar refractivity (Wildman–Crippen MR) is 86.4 cm³/mol. The molecule has 1 saturated carbocycles. The Balaban J connectivity index is 2.00. The first-order valence-corrected chi connectivity index (χ1v) is 8.61. The Hall–Kier alpha value is -0.530. The van der Waals surface area contributed by atoms with Gasteiger partial charge in [-0.25, -0.2) is 0 Å². The third-order valence-corrected chi connectivity index (χ3v) is 6.19. The molecule has 0 radical (unpaired) electrons. The SMILES string of the molecule is CCC1CCCCC12CCNCC2c1ccccc1Cl. The highest BCUT2D eigenvalue weighted by Gasteiger charge is 2.47. The molecular weight excluding hydrogens is 266 g/mol. The lowest BCUT2D eigenvalue weighted by Gasteiger charge is -2.52. The Morgan fingerprint density at radius 1 is 1.25 bits per heavy atom. The summed E-state index contributed by atoms with van der Waals surface area (Å²) < 4.78 is 0. The number of piperidine rings is 1. The quantitative estimate of drug-likeness (QED) is 0.808. The molecular formula is C18H26ClN. The zero-order valence-corrected chi connectivity index (χ0v) is 13.3. The molecule has 2 heteroatoms. The summed E-state index contributed by atoms with van der Waals surface area (Å²) >= 11 is 6.52. The maximum Gasteiger partial charge on any atom is 0.0441 e. The molecule has 0 bridgehead atoms. The number of halogens is 1. The fourth-order valence-electron chi connectivity index (χ4n) is 4.86. The molecule has 1 spiro atoms. The van der Waals surface area contributed by atoms with Gasteiger partial charge in [-0.15, -0.1) is 0 Å². The first-order valence-electron chi connectivity index (χ1n) is 8.23. The molecule has 1 N–H and O–H groups in total. The number of hydrogen-bond acceptors (Lipinski definition) is 1. The maximum atomic E-state index is 6.52. The van der Waals surface area contributed by atoms with Gasteiger partial charge in [0.2, 0.25) is 0 Å². The fourth-order valence-corrected chi connectivity index (χ4v) is 5.12. The van der Waals surface area contributed by atoms with Gasteiger partial charge in [0.15, 0.2) is 0 Å². The summed E-state index contributed by atoms with van der Waals surface area (Å²) in [5.41, 5.74) is 1.87. The normalized spacial score (nSPS) is 34.3. The molecule has 0 aromatic heterocycles. The minimum Gasteiger partial charge on any atom is -0.316 e. The van der Waals surface area contributed by atoms with E-state index in [9.17, 15) is 0 Å². The van der Waals surface area contributed by atoms with Crippen molar-refractivity contribution in [3.05, 3.63) is 34.9 Å². The van der Waals surface area contributed by atoms with Crippen LogP contribution in [0.15, 0.2) is 24.3 Å². The van der Waals surface area contributed by atoms with E-state index in [2.05, 4.69) is 30.4 Å². The van der Waals surface area contributed by atoms with Gasteiger partial charge in [-0.1, -0.05) is 56.0 Å². The summed E-state index contributed by atoms with van der Waals surface area (Å²) in [6, 6.07) is 8.51. The van der Waals surface area contributed by atoms with E-state index in [1.165, 1.54) is 50.6 Å². The van der Waals surface area contributed by atoms with E-state index in [0.29, 0.717) is 11.3 Å². The molecule has 3 rings (SSSR count). The van der Waals surface area contributed by atoms with Crippen molar-refractivity contribution in [3.8, 4) is 0 Å². The molecule has 1 aliphatic carbocycles. The van der Waals surface area contributed by atoms with Crippen molar-refractivity contribution in [1.29, 1.82) is 0 Å². The van der Waals surface area contributed by atoms with Gasteiger partial charge in [-0.2, -0.15) is 0 Å². The molecule has 2 aliphatic rings. The molecule has 1 saturated heterocycles. The van der Waals surface area contributed by atoms with E-state index >= 15 is 0 Å². The van der Waals surface area contributed by atoms with Crippen LogP contribution in [0.2, 0.25) is 5.02 Å². The van der Waals surface area contributed by atoms with E-state index in [-0.39, 0.29) is 0 Å². The van der Waals surface area contributed by atoms with Gasteiger partial charge in [-0.3, -0.25) is 0 Å². The predicted octanol–water partition coefficient (Wildman–Crippen LogP) is 5.00. The monoisotopic (exact) mass is 291 g/mol. The van der Waals surface area contributed by atoms with Crippen LogP contribution >= 0.6 is 11.6 Å². The van der Waals surface area contributed by atoms with E-state index in [1.807, 2.05) is 6.07 Å². The van der Waals surface area contributed by atoms with Gasteiger partial charge in [0, 0.05) is 17.5 Å². The molecule has 2 fully saturated rings.